The number of rotatable bonds is 6. The van der Waals surface area contributed by atoms with Gasteiger partial charge in [0.2, 0.25) is 0 Å². The van der Waals surface area contributed by atoms with Gasteiger partial charge in [0, 0.05) is 5.02 Å². The Balaban J connectivity index is 1.81. The molecule has 23 heavy (non-hydrogen) atoms. The molecule has 0 aliphatic rings. The Morgan fingerprint density at radius 2 is 2.04 bits per heavy atom. The van der Waals surface area contributed by atoms with Crippen LogP contribution in [0.4, 0.5) is 4.39 Å². The fourth-order valence-electron chi connectivity index (χ4n) is 1.65. The van der Waals surface area contributed by atoms with Gasteiger partial charge in [0.25, 0.3) is 5.91 Å². The van der Waals surface area contributed by atoms with Gasteiger partial charge in [-0.2, -0.15) is 5.10 Å². The molecule has 120 valence electrons. The molecule has 2 aromatic rings. The summed E-state index contributed by atoms with van der Waals surface area (Å²) >= 11 is 5.74. The number of benzene rings is 2. The zero-order valence-corrected chi connectivity index (χ0v) is 13.0. The van der Waals surface area contributed by atoms with Crippen LogP contribution in [0.15, 0.2) is 47.6 Å². The Bertz CT molecular complexity index is 705. The molecule has 0 heterocycles. The van der Waals surface area contributed by atoms with Crippen LogP contribution >= 0.6 is 11.6 Å². The largest absolute Gasteiger partial charge is 0.494 e. The van der Waals surface area contributed by atoms with Crippen molar-refractivity contribution in [3.8, 4) is 11.5 Å². The SMILES string of the molecule is COc1ccc(/C=N\NC(=O)COc2ccc(Cl)cc2)cc1F. The van der Waals surface area contributed by atoms with Crippen LogP contribution in [-0.2, 0) is 4.79 Å². The van der Waals surface area contributed by atoms with Gasteiger partial charge in [-0.15, -0.1) is 0 Å². The third kappa shape index (κ3) is 5.27. The lowest BCUT2D eigenvalue weighted by atomic mass is 10.2. The van der Waals surface area contributed by atoms with E-state index in [0.717, 1.165) is 0 Å². The molecule has 1 N–H and O–H groups in total. The van der Waals surface area contributed by atoms with Crippen molar-refractivity contribution in [1.29, 1.82) is 0 Å². The Kier molecular flexibility index (Phi) is 5.94. The van der Waals surface area contributed by atoms with Gasteiger partial charge in [-0.3, -0.25) is 4.79 Å². The molecule has 0 saturated carbocycles. The lowest BCUT2D eigenvalue weighted by Crippen LogP contribution is -2.24. The minimum Gasteiger partial charge on any atom is -0.494 e. The zero-order valence-electron chi connectivity index (χ0n) is 12.3. The van der Waals surface area contributed by atoms with E-state index >= 15 is 0 Å². The summed E-state index contributed by atoms with van der Waals surface area (Å²) in [5, 5.41) is 4.31. The van der Waals surface area contributed by atoms with Gasteiger partial charge in [0.05, 0.1) is 13.3 Å². The van der Waals surface area contributed by atoms with Crippen molar-refractivity contribution in [3.05, 3.63) is 58.9 Å². The normalized spacial score (nSPS) is 10.6. The average molecular weight is 337 g/mol. The molecule has 0 spiro atoms. The summed E-state index contributed by atoms with van der Waals surface area (Å²) in [5.74, 6) is -0.285. The van der Waals surface area contributed by atoms with E-state index in [1.165, 1.54) is 25.5 Å². The summed E-state index contributed by atoms with van der Waals surface area (Å²) in [6, 6.07) is 11.0. The number of hydrogen-bond acceptors (Lipinski definition) is 4. The molecule has 0 fully saturated rings. The second-order valence-corrected chi connectivity index (χ2v) is 4.87. The Morgan fingerprint density at radius 1 is 1.30 bits per heavy atom. The van der Waals surface area contributed by atoms with Crippen LogP contribution in [-0.4, -0.2) is 25.8 Å². The number of hydrogen-bond donors (Lipinski definition) is 1. The van der Waals surface area contributed by atoms with E-state index in [2.05, 4.69) is 10.5 Å². The van der Waals surface area contributed by atoms with Gasteiger partial charge in [-0.05, 0) is 48.0 Å². The highest BCUT2D eigenvalue weighted by Crippen LogP contribution is 2.17. The number of carbonyl (C=O) groups excluding carboxylic acids is 1. The minimum absolute atomic E-state index is 0.141. The molecule has 0 saturated heterocycles. The number of carbonyl (C=O) groups is 1. The zero-order chi connectivity index (χ0) is 16.7. The second kappa shape index (κ2) is 8.14. The topological polar surface area (TPSA) is 59.9 Å². The molecule has 0 aromatic heterocycles. The van der Waals surface area contributed by atoms with E-state index < -0.39 is 11.7 Å². The van der Waals surface area contributed by atoms with Gasteiger partial charge in [-0.25, -0.2) is 9.82 Å². The van der Waals surface area contributed by atoms with Gasteiger partial charge < -0.3 is 9.47 Å². The van der Waals surface area contributed by atoms with Crippen molar-refractivity contribution in [1.82, 2.24) is 5.43 Å². The standard InChI is InChI=1S/C16H14ClFN2O3/c1-22-15-7-2-11(8-14(15)18)9-19-20-16(21)10-23-13-5-3-12(17)4-6-13/h2-9H,10H2,1H3,(H,20,21)/b19-9-. The molecule has 0 unspecified atom stereocenters. The number of amides is 1. The Labute approximate surface area is 137 Å². The quantitative estimate of drug-likeness (QED) is 0.651. The molecule has 0 atom stereocenters. The van der Waals surface area contributed by atoms with Crippen molar-refractivity contribution in [2.24, 2.45) is 5.10 Å². The van der Waals surface area contributed by atoms with Gasteiger partial charge in [-0.1, -0.05) is 11.6 Å². The van der Waals surface area contributed by atoms with Crippen LogP contribution in [0.2, 0.25) is 5.02 Å². The number of nitrogens with one attached hydrogen (secondary N) is 1. The van der Waals surface area contributed by atoms with Crippen LogP contribution in [0.25, 0.3) is 0 Å². The molecule has 2 rings (SSSR count). The summed E-state index contributed by atoms with van der Waals surface area (Å²) in [6.45, 7) is -0.198. The monoisotopic (exact) mass is 336 g/mol. The van der Waals surface area contributed by atoms with E-state index in [-0.39, 0.29) is 12.4 Å². The van der Waals surface area contributed by atoms with E-state index in [9.17, 15) is 9.18 Å². The van der Waals surface area contributed by atoms with Crippen molar-refractivity contribution in [2.75, 3.05) is 13.7 Å². The fraction of sp³-hybridized carbons (Fsp3) is 0.125. The van der Waals surface area contributed by atoms with Gasteiger partial charge in [0.1, 0.15) is 5.75 Å². The summed E-state index contributed by atoms with van der Waals surface area (Å²) in [4.78, 5) is 11.6. The number of ether oxygens (including phenoxy) is 2. The van der Waals surface area contributed by atoms with E-state index in [1.54, 1.807) is 30.3 Å². The molecule has 0 radical (unpaired) electrons. The van der Waals surface area contributed by atoms with Crippen molar-refractivity contribution in [3.63, 3.8) is 0 Å². The molecule has 5 nitrogen and oxygen atoms in total. The minimum atomic E-state index is -0.506. The second-order valence-electron chi connectivity index (χ2n) is 4.43. The molecular weight excluding hydrogens is 323 g/mol. The highest BCUT2D eigenvalue weighted by Gasteiger charge is 2.03. The first-order valence-corrected chi connectivity index (χ1v) is 7.00. The van der Waals surface area contributed by atoms with Crippen LogP contribution in [0.3, 0.4) is 0 Å². The summed E-state index contributed by atoms with van der Waals surface area (Å²) in [7, 11) is 1.38. The molecule has 0 aliphatic heterocycles. The van der Waals surface area contributed by atoms with Crippen LogP contribution in [0.1, 0.15) is 5.56 Å². The molecule has 0 aliphatic carbocycles. The van der Waals surface area contributed by atoms with Crippen molar-refractivity contribution < 1.29 is 18.7 Å². The third-order valence-electron chi connectivity index (χ3n) is 2.76. The predicted molar refractivity (Wildman–Crippen MR) is 85.6 cm³/mol. The molecule has 7 heteroatoms. The molecule has 0 bridgehead atoms. The maximum absolute atomic E-state index is 13.5. The Hall–Kier alpha value is -2.60. The van der Waals surface area contributed by atoms with Crippen LogP contribution < -0.4 is 14.9 Å². The number of hydrazone groups is 1. The summed E-state index contributed by atoms with van der Waals surface area (Å²) in [6.07, 6.45) is 1.32. The lowest BCUT2D eigenvalue weighted by molar-refractivity contribution is -0.123. The summed E-state index contributed by atoms with van der Waals surface area (Å²) in [5.41, 5.74) is 2.77. The molecular formula is C16H14ClFN2O3. The molecule has 1 amide bonds. The lowest BCUT2D eigenvalue weighted by Gasteiger charge is -2.05. The fourth-order valence-corrected chi connectivity index (χ4v) is 1.78. The first-order chi connectivity index (χ1) is 11.1. The predicted octanol–water partition coefficient (Wildman–Crippen LogP) is 3.02. The van der Waals surface area contributed by atoms with Crippen LogP contribution in [0.5, 0.6) is 11.5 Å². The van der Waals surface area contributed by atoms with Crippen molar-refractivity contribution >= 4 is 23.7 Å². The first kappa shape index (κ1) is 16.8. The van der Waals surface area contributed by atoms with Gasteiger partial charge >= 0.3 is 0 Å². The van der Waals surface area contributed by atoms with E-state index in [1.807, 2.05) is 0 Å². The smallest absolute Gasteiger partial charge is 0.277 e. The van der Waals surface area contributed by atoms with E-state index in [0.29, 0.717) is 16.3 Å². The highest BCUT2D eigenvalue weighted by molar-refractivity contribution is 6.30. The number of halogens is 2. The number of methoxy groups -OCH3 is 1. The maximum atomic E-state index is 13.5. The average Bonchev–Trinajstić information content (AvgIpc) is 2.54. The maximum Gasteiger partial charge on any atom is 0.277 e. The summed E-state index contributed by atoms with van der Waals surface area (Å²) < 4.78 is 23.5. The third-order valence-corrected chi connectivity index (χ3v) is 3.01. The number of nitrogens with zero attached hydrogens (tertiary/aromatic N) is 1. The highest BCUT2D eigenvalue weighted by atomic mass is 35.5. The van der Waals surface area contributed by atoms with Gasteiger partial charge in [0.15, 0.2) is 18.2 Å². The van der Waals surface area contributed by atoms with E-state index in [4.69, 9.17) is 21.1 Å². The molecule has 2 aromatic carbocycles. The Morgan fingerprint density at radius 3 is 2.70 bits per heavy atom. The van der Waals surface area contributed by atoms with Crippen molar-refractivity contribution in [2.45, 2.75) is 0 Å². The first-order valence-electron chi connectivity index (χ1n) is 6.62. The van der Waals surface area contributed by atoms with Crippen LogP contribution in [0, 0.1) is 5.82 Å².